The number of carbonyl (C=O) groups is 1. The van der Waals surface area contributed by atoms with E-state index in [1.54, 1.807) is 0 Å². The Labute approximate surface area is 124 Å². The molecule has 2 atom stereocenters. The van der Waals surface area contributed by atoms with E-state index in [1.807, 2.05) is 20.8 Å². The molecule has 112 valence electrons. The minimum atomic E-state index is -0.239. The van der Waals surface area contributed by atoms with Crippen molar-refractivity contribution in [2.75, 3.05) is 6.54 Å². The van der Waals surface area contributed by atoms with Crippen LogP contribution in [0.1, 0.15) is 67.7 Å². The Hall–Kier alpha value is -0.0200. The smallest absolute Gasteiger partial charge is 0.142 e. The largest absolute Gasteiger partial charge is 0.299 e. The van der Waals surface area contributed by atoms with Crippen molar-refractivity contribution in [3.63, 3.8) is 0 Å². The number of hydrogen-bond donors (Lipinski definition) is 1. The number of thiol groups is 1. The Balaban J connectivity index is 2.96. The van der Waals surface area contributed by atoms with Crippen molar-refractivity contribution in [3.05, 3.63) is 0 Å². The lowest BCUT2D eigenvalue weighted by molar-refractivity contribution is -0.134. The summed E-state index contributed by atoms with van der Waals surface area (Å²) in [6.45, 7) is 15.8. The number of hydrogen-bond acceptors (Lipinski definition) is 3. The zero-order chi connectivity index (χ0) is 15.1. The van der Waals surface area contributed by atoms with Gasteiger partial charge in [0.1, 0.15) is 5.78 Å². The number of nitrogens with zero attached hydrogens (tertiary/aromatic N) is 1. The summed E-state index contributed by atoms with van der Waals surface area (Å²) >= 11 is 4.93. The summed E-state index contributed by atoms with van der Waals surface area (Å²) in [6, 6.07) is 0. The highest BCUT2D eigenvalue weighted by molar-refractivity contribution is 7.81. The first-order chi connectivity index (χ1) is 8.42. The van der Waals surface area contributed by atoms with Gasteiger partial charge in [-0.25, -0.2) is 0 Å². The van der Waals surface area contributed by atoms with Crippen LogP contribution in [-0.2, 0) is 4.79 Å². The molecule has 1 rings (SSSR count). The summed E-state index contributed by atoms with van der Waals surface area (Å²) < 4.78 is 0. The third-order valence-corrected chi connectivity index (χ3v) is 5.07. The van der Waals surface area contributed by atoms with Crippen molar-refractivity contribution in [2.24, 2.45) is 11.3 Å². The van der Waals surface area contributed by atoms with E-state index in [4.69, 9.17) is 12.6 Å². The van der Waals surface area contributed by atoms with E-state index in [-0.39, 0.29) is 21.7 Å². The van der Waals surface area contributed by atoms with Gasteiger partial charge < -0.3 is 0 Å². The first-order valence-corrected chi connectivity index (χ1v) is 7.91. The van der Waals surface area contributed by atoms with Crippen LogP contribution in [0.25, 0.3) is 0 Å². The lowest BCUT2D eigenvalue weighted by atomic mass is 9.77. The van der Waals surface area contributed by atoms with E-state index in [1.165, 1.54) is 0 Å². The average Bonchev–Trinajstić information content (AvgIpc) is 2.26. The Morgan fingerprint density at radius 1 is 1.26 bits per heavy atom. The molecule has 0 bridgehead atoms. The van der Waals surface area contributed by atoms with Crippen LogP contribution in [0.4, 0.5) is 0 Å². The van der Waals surface area contributed by atoms with Crippen LogP contribution in [0.15, 0.2) is 0 Å². The van der Waals surface area contributed by atoms with Gasteiger partial charge in [0.2, 0.25) is 0 Å². The van der Waals surface area contributed by atoms with Gasteiger partial charge in [0, 0.05) is 23.4 Å². The molecule has 0 aromatic rings. The molecule has 2 unspecified atom stereocenters. The molecule has 0 N–H and O–H groups in total. The average molecular weight is 285 g/mol. The molecule has 0 spiro atoms. The standard InChI is InChI=1S/C16H31NOS/c1-8-16(19)10-9-12(13(18)14(2,3)4)11-17(16)15(5,6)7/h12,19H,8-11H2,1-7H3. The number of Topliss-reactive ketones (excluding diaryl/α,β-unsaturated/α-hetero) is 1. The highest BCUT2D eigenvalue weighted by Gasteiger charge is 2.45. The maximum Gasteiger partial charge on any atom is 0.142 e. The highest BCUT2D eigenvalue weighted by atomic mass is 32.1. The molecule has 3 heteroatoms. The maximum absolute atomic E-state index is 12.5. The van der Waals surface area contributed by atoms with E-state index in [9.17, 15) is 4.79 Å². The van der Waals surface area contributed by atoms with Crippen LogP contribution >= 0.6 is 12.6 Å². The second kappa shape index (κ2) is 5.40. The number of carbonyl (C=O) groups excluding carboxylic acids is 1. The second-order valence-corrected chi connectivity index (χ2v) is 8.80. The van der Waals surface area contributed by atoms with Crippen LogP contribution in [0.5, 0.6) is 0 Å². The van der Waals surface area contributed by atoms with Gasteiger partial charge in [-0.05, 0) is 40.0 Å². The first-order valence-electron chi connectivity index (χ1n) is 7.46. The number of piperidine rings is 1. The minimum absolute atomic E-state index is 0.0502. The summed E-state index contributed by atoms with van der Waals surface area (Å²) in [7, 11) is 0. The fourth-order valence-electron chi connectivity index (χ4n) is 3.11. The van der Waals surface area contributed by atoms with E-state index >= 15 is 0 Å². The van der Waals surface area contributed by atoms with Crippen molar-refractivity contribution >= 4 is 18.4 Å². The molecule has 1 fully saturated rings. The molecule has 0 amide bonds. The van der Waals surface area contributed by atoms with Crippen LogP contribution < -0.4 is 0 Å². The molecular formula is C16H31NOS. The lowest BCUT2D eigenvalue weighted by Gasteiger charge is -2.53. The van der Waals surface area contributed by atoms with Gasteiger partial charge in [-0.15, -0.1) is 0 Å². The molecule has 1 saturated heterocycles. The summed E-state index contributed by atoms with van der Waals surface area (Å²) in [6.07, 6.45) is 2.99. The van der Waals surface area contributed by atoms with Crippen molar-refractivity contribution < 1.29 is 4.79 Å². The molecular weight excluding hydrogens is 254 g/mol. The van der Waals surface area contributed by atoms with Crippen molar-refractivity contribution in [1.29, 1.82) is 0 Å². The summed E-state index contributed by atoms with van der Waals surface area (Å²) in [5.41, 5.74) is -0.189. The third-order valence-electron chi connectivity index (χ3n) is 4.28. The molecule has 1 aliphatic heterocycles. The molecule has 0 aromatic carbocycles. The van der Waals surface area contributed by atoms with Crippen molar-refractivity contribution in [2.45, 2.75) is 78.1 Å². The molecule has 1 heterocycles. The van der Waals surface area contributed by atoms with Gasteiger partial charge in [-0.2, -0.15) is 12.6 Å². The quantitative estimate of drug-likeness (QED) is 0.769. The van der Waals surface area contributed by atoms with E-state index < -0.39 is 0 Å². The molecule has 0 aliphatic carbocycles. The van der Waals surface area contributed by atoms with Gasteiger partial charge in [0.15, 0.2) is 0 Å². The zero-order valence-corrected chi connectivity index (χ0v) is 14.6. The van der Waals surface area contributed by atoms with Gasteiger partial charge in [-0.1, -0.05) is 27.7 Å². The fourth-order valence-corrected chi connectivity index (χ4v) is 3.62. The van der Waals surface area contributed by atoms with Gasteiger partial charge >= 0.3 is 0 Å². The highest BCUT2D eigenvalue weighted by Crippen LogP contribution is 2.42. The Bertz CT molecular complexity index is 340. The summed E-state index contributed by atoms with van der Waals surface area (Å²) in [4.78, 5) is 14.9. The normalized spacial score (nSPS) is 30.4. The van der Waals surface area contributed by atoms with Crippen LogP contribution in [0, 0.1) is 11.3 Å². The molecule has 1 aliphatic rings. The topological polar surface area (TPSA) is 20.3 Å². The summed E-state index contributed by atoms with van der Waals surface area (Å²) in [5.74, 6) is 0.555. The van der Waals surface area contributed by atoms with Gasteiger partial charge in [0.05, 0.1) is 4.87 Å². The summed E-state index contributed by atoms with van der Waals surface area (Å²) in [5, 5.41) is 0. The number of ketones is 1. The van der Waals surface area contributed by atoms with E-state index in [0.29, 0.717) is 5.78 Å². The fraction of sp³-hybridized carbons (Fsp3) is 0.938. The van der Waals surface area contributed by atoms with Crippen LogP contribution in [-0.4, -0.2) is 27.6 Å². The second-order valence-electron chi connectivity index (χ2n) is 7.97. The molecule has 0 aromatic heterocycles. The number of rotatable bonds is 2. The Kier molecular flexibility index (Phi) is 4.84. The van der Waals surface area contributed by atoms with Gasteiger partial charge in [0.25, 0.3) is 0 Å². The van der Waals surface area contributed by atoms with E-state index in [2.05, 4.69) is 32.6 Å². The monoisotopic (exact) mass is 285 g/mol. The molecule has 19 heavy (non-hydrogen) atoms. The predicted molar refractivity (Wildman–Crippen MR) is 85.7 cm³/mol. The van der Waals surface area contributed by atoms with Crippen molar-refractivity contribution in [1.82, 2.24) is 4.90 Å². The molecule has 0 radical (unpaired) electrons. The maximum atomic E-state index is 12.5. The third kappa shape index (κ3) is 3.75. The van der Waals surface area contributed by atoms with Gasteiger partial charge in [-0.3, -0.25) is 9.69 Å². The predicted octanol–water partition coefficient (Wildman–Crippen LogP) is 4.15. The van der Waals surface area contributed by atoms with Crippen molar-refractivity contribution in [3.8, 4) is 0 Å². The van der Waals surface area contributed by atoms with E-state index in [0.717, 1.165) is 25.8 Å². The van der Waals surface area contributed by atoms with Crippen LogP contribution in [0.3, 0.4) is 0 Å². The minimum Gasteiger partial charge on any atom is -0.299 e. The van der Waals surface area contributed by atoms with Crippen LogP contribution in [0.2, 0.25) is 0 Å². The molecule has 0 saturated carbocycles. The first kappa shape index (κ1) is 17.0. The Morgan fingerprint density at radius 3 is 2.16 bits per heavy atom. The number of likely N-dealkylation sites (tertiary alicyclic amines) is 1. The SMILES string of the molecule is CCC1(S)CCC(C(=O)C(C)(C)C)CN1C(C)(C)C. The zero-order valence-electron chi connectivity index (χ0n) is 13.7. The molecule has 2 nitrogen and oxygen atoms in total. The lowest BCUT2D eigenvalue weighted by Crippen LogP contribution is -2.59. The Morgan fingerprint density at radius 2 is 1.79 bits per heavy atom.